The Morgan fingerprint density at radius 1 is 1.20 bits per heavy atom. The molecule has 2 rings (SSSR count). The van der Waals surface area contributed by atoms with Gasteiger partial charge < -0.3 is 10.0 Å². The summed E-state index contributed by atoms with van der Waals surface area (Å²) in [6.07, 6.45) is 2.11. The van der Waals surface area contributed by atoms with E-state index >= 15 is 0 Å². The zero-order chi connectivity index (χ0) is 14.7. The third-order valence-electron chi connectivity index (χ3n) is 4.36. The van der Waals surface area contributed by atoms with Gasteiger partial charge in [-0.1, -0.05) is 36.8 Å². The fraction of sp³-hybridized carbons (Fsp3) is 0.500. The number of aliphatic carboxylic acids is 1. The maximum Gasteiger partial charge on any atom is 0.307 e. The minimum Gasteiger partial charge on any atom is -0.481 e. The van der Waals surface area contributed by atoms with Gasteiger partial charge in [-0.3, -0.25) is 9.59 Å². The molecule has 20 heavy (non-hydrogen) atoms. The Balaban J connectivity index is 2.10. The number of carboxylic acids is 1. The Morgan fingerprint density at radius 2 is 1.80 bits per heavy atom. The predicted molar refractivity (Wildman–Crippen MR) is 76.1 cm³/mol. The second-order valence-corrected chi connectivity index (χ2v) is 5.52. The number of carbonyl (C=O) groups is 2. The van der Waals surface area contributed by atoms with E-state index in [0.29, 0.717) is 12.8 Å². The van der Waals surface area contributed by atoms with Crippen LogP contribution in [0.15, 0.2) is 30.3 Å². The summed E-state index contributed by atoms with van der Waals surface area (Å²) in [6.45, 7) is 1.97. The summed E-state index contributed by atoms with van der Waals surface area (Å²) in [4.78, 5) is 25.4. The highest BCUT2D eigenvalue weighted by Crippen LogP contribution is 2.34. The molecular formula is C16H21NO3. The van der Waals surface area contributed by atoms with Crippen LogP contribution in [0.1, 0.15) is 37.8 Å². The van der Waals surface area contributed by atoms with Gasteiger partial charge in [0.1, 0.15) is 0 Å². The van der Waals surface area contributed by atoms with Crippen molar-refractivity contribution in [1.29, 1.82) is 0 Å². The number of nitrogens with zero attached hydrogens (tertiary/aromatic N) is 1. The lowest BCUT2D eigenvalue weighted by molar-refractivity contribution is -0.149. The quantitative estimate of drug-likeness (QED) is 0.919. The van der Waals surface area contributed by atoms with Crippen LogP contribution >= 0.6 is 0 Å². The molecule has 4 heteroatoms. The molecule has 0 spiro atoms. The van der Waals surface area contributed by atoms with E-state index in [2.05, 4.69) is 0 Å². The molecule has 0 aliphatic heterocycles. The fourth-order valence-electron chi connectivity index (χ4n) is 2.96. The number of hydrogen-bond donors (Lipinski definition) is 1. The lowest BCUT2D eigenvalue weighted by Crippen LogP contribution is -2.38. The van der Waals surface area contributed by atoms with Crippen LogP contribution in [0.2, 0.25) is 0 Å². The Morgan fingerprint density at radius 3 is 2.40 bits per heavy atom. The maximum absolute atomic E-state index is 12.5. The molecule has 1 N–H and O–H groups in total. The van der Waals surface area contributed by atoms with Gasteiger partial charge in [0.25, 0.3) is 0 Å². The lowest BCUT2D eigenvalue weighted by atomic mass is 9.94. The van der Waals surface area contributed by atoms with Crippen LogP contribution in [0.4, 0.5) is 0 Å². The summed E-state index contributed by atoms with van der Waals surface area (Å²) in [6, 6.07) is 9.75. The zero-order valence-corrected chi connectivity index (χ0v) is 12.0. The zero-order valence-electron chi connectivity index (χ0n) is 12.0. The summed E-state index contributed by atoms with van der Waals surface area (Å²) in [5.41, 5.74) is 1.06. The average molecular weight is 275 g/mol. The fourth-order valence-corrected chi connectivity index (χ4v) is 2.96. The molecule has 108 valence electrons. The van der Waals surface area contributed by atoms with Crippen LogP contribution in [0.5, 0.6) is 0 Å². The van der Waals surface area contributed by atoms with E-state index in [4.69, 9.17) is 0 Å². The number of hydrogen-bond acceptors (Lipinski definition) is 2. The summed E-state index contributed by atoms with van der Waals surface area (Å²) in [5, 5.41) is 9.20. The number of carbonyl (C=O) groups excluding carboxylic acids is 1. The van der Waals surface area contributed by atoms with Crippen molar-refractivity contribution >= 4 is 11.9 Å². The largest absolute Gasteiger partial charge is 0.481 e. The van der Waals surface area contributed by atoms with E-state index in [-0.39, 0.29) is 17.9 Å². The smallest absolute Gasteiger partial charge is 0.307 e. The summed E-state index contributed by atoms with van der Waals surface area (Å²) < 4.78 is 0. The molecule has 1 aliphatic carbocycles. The number of amides is 1. The van der Waals surface area contributed by atoms with Gasteiger partial charge in [0.2, 0.25) is 5.91 Å². The first-order valence-corrected chi connectivity index (χ1v) is 7.06. The standard InChI is InChI=1S/C16H21NO3/c1-11(12-7-4-3-5-8-12)17(2)15(18)13-9-6-10-14(13)16(19)20/h3-5,7-8,11,13-14H,6,9-10H2,1-2H3,(H,19,20)/t11?,13-,14+/m1/s1. The molecule has 0 bridgehead atoms. The Labute approximate surface area is 119 Å². The molecule has 1 aromatic carbocycles. The Kier molecular flexibility index (Phi) is 4.42. The van der Waals surface area contributed by atoms with E-state index in [1.807, 2.05) is 37.3 Å². The Bertz CT molecular complexity index is 486. The topological polar surface area (TPSA) is 57.6 Å². The van der Waals surface area contributed by atoms with Crippen molar-refractivity contribution in [2.45, 2.75) is 32.2 Å². The van der Waals surface area contributed by atoms with Crippen molar-refractivity contribution in [3.63, 3.8) is 0 Å². The molecule has 1 aliphatic rings. The van der Waals surface area contributed by atoms with Crippen LogP contribution in [0.3, 0.4) is 0 Å². The molecule has 3 atom stereocenters. The van der Waals surface area contributed by atoms with E-state index in [1.54, 1.807) is 11.9 Å². The highest BCUT2D eigenvalue weighted by Gasteiger charge is 2.39. The summed E-state index contributed by atoms with van der Waals surface area (Å²) in [7, 11) is 1.76. The van der Waals surface area contributed by atoms with Crippen LogP contribution in [-0.2, 0) is 9.59 Å². The van der Waals surface area contributed by atoms with Gasteiger partial charge in [-0.2, -0.15) is 0 Å². The monoisotopic (exact) mass is 275 g/mol. The molecule has 0 saturated heterocycles. The first-order valence-electron chi connectivity index (χ1n) is 7.06. The molecule has 0 heterocycles. The number of benzene rings is 1. The van der Waals surface area contributed by atoms with Crippen LogP contribution in [-0.4, -0.2) is 28.9 Å². The van der Waals surface area contributed by atoms with Crippen LogP contribution in [0.25, 0.3) is 0 Å². The van der Waals surface area contributed by atoms with Crippen molar-refractivity contribution in [2.75, 3.05) is 7.05 Å². The highest BCUT2D eigenvalue weighted by molar-refractivity contribution is 5.85. The minimum absolute atomic E-state index is 0.0428. The van der Waals surface area contributed by atoms with Gasteiger partial charge in [-0.05, 0) is 25.3 Å². The average Bonchev–Trinajstić information content (AvgIpc) is 2.95. The van der Waals surface area contributed by atoms with Crippen molar-refractivity contribution in [3.05, 3.63) is 35.9 Å². The normalized spacial score (nSPS) is 23.3. The minimum atomic E-state index is -0.846. The third-order valence-corrected chi connectivity index (χ3v) is 4.36. The van der Waals surface area contributed by atoms with E-state index in [1.165, 1.54) is 0 Å². The second-order valence-electron chi connectivity index (χ2n) is 5.52. The van der Waals surface area contributed by atoms with Gasteiger partial charge in [0.05, 0.1) is 17.9 Å². The highest BCUT2D eigenvalue weighted by atomic mass is 16.4. The lowest BCUT2D eigenvalue weighted by Gasteiger charge is -2.29. The van der Waals surface area contributed by atoms with Crippen molar-refractivity contribution in [3.8, 4) is 0 Å². The molecule has 1 aromatic rings. The van der Waals surface area contributed by atoms with Gasteiger partial charge >= 0.3 is 5.97 Å². The van der Waals surface area contributed by atoms with E-state index < -0.39 is 11.9 Å². The summed E-state index contributed by atoms with van der Waals surface area (Å²) in [5.74, 6) is -1.79. The molecule has 1 saturated carbocycles. The van der Waals surface area contributed by atoms with Crippen molar-refractivity contribution in [2.24, 2.45) is 11.8 Å². The number of rotatable bonds is 4. The molecule has 0 radical (unpaired) electrons. The molecular weight excluding hydrogens is 254 g/mol. The molecule has 0 aromatic heterocycles. The van der Waals surface area contributed by atoms with Crippen LogP contribution < -0.4 is 0 Å². The molecule has 4 nitrogen and oxygen atoms in total. The van der Waals surface area contributed by atoms with Gasteiger partial charge in [-0.25, -0.2) is 0 Å². The van der Waals surface area contributed by atoms with Crippen LogP contribution in [0, 0.1) is 11.8 Å². The van der Waals surface area contributed by atoms with Crippen molar-refractivity contribution < 1.29 is 14.7 Å². The first-order chi connectivity index (χ1) is 9.52. The molecule has 1 unspecified atom stereocenters. The van der Waals surface area contributed by atoms with E-state index in [0.717, 1.165) is 12.0 Å². The second kappa shape index (κ2) is 6.07. The molecule has 1 amide bonds. The summed E-state index contributed by atoms with van der Waals surface area (Å²) >= 11 is 0. The van der Waals surface area contributed by atoms with E-state index in [9.17, 15) is 14.7 Å². The van der Waals surface area contributed by atoms with Gasteiger partial charge in [0, 0.05) is 7.05 Å². The Hall–Kier alpha value is -1.84. The number of carboxylic acid groups (broad SMARTS) is 1. The SMILES string of the molecule is CC(c1ccccc1)N(C)C(=O)[C@@H]1CCC[C@@H]1C(=O)O. The van der Waals surface area contributed by atoms with Crippen molar-refractivity contribution in [1.82, 2.24) is 4.90 Å². The predicted octanol–water partition coefficient (Wildman–Crippen LogP) is 2.71. The van der Waals surface area contributed by atoms with Gasteiger partial charge in [-0.15, -0.1) is 0 Å². The van der Waals surface area contributed by atoms with Gasteiger partial charge in [0.15, 0.2) is 0 Å². The molecule has 1 fully saturated rings. The third kappa shape index (κ3) is 2.84. The first kappa shape index (κ1) is 14.6. The maximum atomic E-state index is 12.5.